The molecule has 0 aliphatic rings. The molecule has 2 aromatic rings. The molecule has 0 bridgehead atoms. The monoisotopic (exact) mass is 366 g/mol. The molecule has 0 saturated carbocycles. The van der Waals surface area contributed by atoms with Gasteiger partial charge in [-0.3, -0.25) is 9.59 Å². The Morgan fingerprint density at radius 3 is 2.04 bits per heavy atom. The number of hydrogen-bond acceptors (Lipinski definition) is 5. The molecule has 2 amide bonds. The Bertz CT molecular complexity index is 882. The van der Waals surface area contributed by atoms with E-state index in [9.17, 15) is 27.5 Å². The van der Waals surface area contributed by atoms with Crippen molar-refractivity contribution in [2.75, 3.05) is 22.1 Å². The molecule has 0 saturated heterocycles. The lowest BCUT2D eigenvalue weighted by atomic mass is 10.3. The Hall–Kier alpha value is -2.94. The molecule has 0 aromatic heterocycles. The van der Waals surface area contributed by atoms with Crippen LogP contribution in [0, 0.1) is 5.82 Å². The SMILES string of the molecule is O=C(CS(=O)(=O)CC(=O)Nc1cccc(O)c1)Nc1ccc(F)cc1. The molecule has 9 heteroatoms. The number of carbonyl (C=O) groups excluding carboxylic acids is 2. The summed E-state index contributed by atoms with van der Waals surface area (Å²) >= 11 is 0. The van der Waals surface area contributed by atoms with Crippen molar-refractivity contribution in [1.82, 2.24) is 0 Å². The average molecular weight is 366 g/mol. The highest BCUT2D eigenvalue weighted by Gasteiger charge is 2.21. The van der Waals surface area contributed by atoms with E-state index in [4.69, 9.17) is 0 Å². The molecular formula is C16H15FN2O5S. The maximum Gasteiger partial charge on any atom is 0.239 e. The largest absolute Gasteiger partial charge is 0.508 e. The maximum atomic E-state index is 12.8. The number of halogens is 1. The molecule has 0 unspecified atom stereocenters. The number of nitrogens with one attached hydrogen (secondary N) is 2. The van der Waals surface area contributed by atoms with Gasteiger partial charge in [-0.2, -0.15) is 0 Å². The van der Waals surface area contributed by atoms with E-state index in [-0.39, 0.29) is 17.1 Å². The molecule has 0 atom stereocenters. The number of aromatic hydroxyl groups is 1. The number of phenols is 1. The Labute approximate surface area is 143 Å². The number of rotatable bonds is 6. The molecule has 0 spiro atoms. The standard InChI is InChI=1S/C16H15FN2O5S/c17-11-4-6-12(7-5-11)18-15(21)9-25(23,24)10-16(22)19-13-2-1-3-14(20)8-13/h1-8,20H,9-10H2,(H,18,21)(H,19,22). The molecule has 7 nitrogen and oxygen atoms in total. The number of sulfone groups is 1. The van der Waals surface area contributed by atoms with Crippen LogP contribution in [-0.2, 0) is 19.4 Å². The van der Waals surface area contributed by atoms with Gasteiger partial charge in [0.2, 0.25) is 11.8 Å². The van der Waals surface area contributed by atoms with Crippen LogP contribution in [0.1, 0.15) is 0 Å². The first-order valence-electron chi connectivity index (χ1n) is 7.08. The number of phenolic OH excluding ortho intramolecular Hbond substituents is 1. The minimum absolute atomic E-state index is 0.0840. The van der Waals surface area contributed by atoms with E-state index in [1.807, 2.05) is 0 Å². The lowest BCUT2D eigenvalue weighted by molar-refractivity contribution is -0.114. The van der Waals surface area contributed by atoms with Crippen LogP contribution in [0.5, 0.6) is 5.75 Å². The summed E-state index contributed by atoms with van der Waals surface area (Å²) in [6.07, 6.45) is 0. The van der Waals surface area contributed by atoms with Crippen molar-refractivity contribution >= 4 is 33.0 Å². The second-order valence-corrected chi connectivity index (χ2v) is 7.25. The topological polar surface area (TPSA) is 113 Å². The summed E-state index contributed by atoms with van der Waals surface area (Å²) < 4.78 is 36.6. The van der Waals surface area contributed by atoms with Crippen molar-refractivity contribution in [2.24, 2.45) is 0 Å². The summed E-state index contributed by atoms with van der Waals surface area (Å²) in [7, 11) is -4.00. The van der Waals surface area contributed by atoms with Crippen molar-refractivity contribution in [2.45, 2.75) is 0 Å². The fourth-order valence-corrected chi connectivity index (χ4v) is 3.01. The molecule has 2 aromatic carbocycles. The van der Waals surface area contributed by atoms with Crippen LogP contribution in [-0.4, -0.2) is 36.8 Å². The van der Waals surface area contributed by atoms with Gasteiger partial charge < -0.3 is 15.7 Å². The Morgan fingerprint density at radius 2 is 1.48 bits per heavy atom. The van der Waals surface area contributed by atoms with Crippen molar-refractivity contribution < 1.29 is 27.5 Å². The van der Waals surface area contributed by atoms with Crippen LogP contribution in [0.25, 0.3) is 0 Å². The summed E-state index contributed by atoms with van der Waals surface area (Å²) in [5.74, 6) is -4.03. The molecular weight excluding hydrogens is 351 g/mol. The summed E-state index contributed by atoms with van der Waals surface area (Å²) in [5.41, 5.74) is 0.474. The van der Waals surface area contributed by atoms with Gasteiger partial charge in [0.15, 0.2) is 9.84 Å². The second-order valence-electron chi connectivity index (χ2n) is 5.19. The number of carbonyl (C=O) groups is 2. The van der Waals surface area contributed by atoms with Crippen LogP contribution in [0.3, 0.4) is 0 Å². The lowest BCUT2D eigenvalue weighted by Crippen LogP contribution is -2.30. The van der Waals surface area contributed by atoms with Gasteiger partial charge in [0.1, 0.15) is 23.1 Å². The third-order valence-corrected chi connectivity index (χ3v) is 4.36. The first kappa shape index (κ1) is 18.4. The van der Waals surface area contributed by atoms with Crippen molar-refractivity contribution in [3.8, 4) is 5.75 Å². The fourth-order valence-electron chi connectivity index (χ4n) is 1.96. The molecule has 25 heavy (non-hydrogen) atoms. The predicted octanol–water partition coefficient (Wildman–Crippen LogP) is 1.52. The quantitative estimate of drug-likeness (QED) is 0.718. The Morgan fingerprint density at radius 1 is 0.920 bits per heavy atom. The van der Waals surface area contributed by atoms with Crippen LogP contribution >= 0.6 is 0 Å². The Kier molecular flexibility index (Phi) is 5.71. The summed E-state index contributed by atoms with van der Waals surface area (Å²) in [6, 6.07) is 10.4. The molecule has 0 aliphatic carbocycles. The van der Waals surface area contributed by atoms with Gasteiger partial charge in [0, 0.05) is 17.4 Å². The number of anilines is 2. The van der Waals surface area contributed by atoms with E-state index in [2.05, 4.69) is 10.6 Å². The highest BCUT2D eigenvalue weighted by Crippen LogP contribution is 2.15. The highest BCUT2D eigenvalue weighted by molar-refractivity contribution is 7.92. The first-order chi connectivity index (χ1) is 11.7. The first-order valence-corrected chi connectivity index (χ1v) is 8.90. The number of benzene rings is 2. The third-order valence-electron chi connectivity index (χ3n) is 2.96. The van der Waals surface area contributed by atoms with Crippen molar-refractivity contribution in [1.29, 1.82) is 0 Å². The number of hydrogen-bond donors (Lipinski definition) is 3. The third kappa shape index (κ3) is 6.22. The van der Waals surface area contributed by atoms with E-state index < -0.39 is 39.0 Å². The van der Waals surface area contributed by atoms with Crippen LogP contribution in [0.15, 0.2) is 48.5 Å². The summed E-state index contributed by atoms with van der Waals surface area (Å²) in [4.78, 5) is 23.5. The van der Waals surface area contributed by atoms with Gasteiger partial charge >= 0.3 is 0 Å². The second kappa shape index (κ2) is 7.75. The minimum Gasteiger partial charge on any atom is -0.508 e. The molecule has 3 N–H and O–H groups in total. The molecule has 0 heterocycles. The van der Waals surface area contributed by atoms with Gasteiger partial charge in [-0.15, -0.1) is 0 Å². The smallest absolute Gasteiger partial charge is 0.239 e. The normalized spacial score (nSPS) is 10.9. The zero-order chi connectivity index (χ0) is 18.4. The number of amides is 2. The maximum absolute atomic E-state index is 12.8. The van der Waals surface area contributed by atoms with E-state index in [0.29, 0.717) is 0 Å². The van der Waals surface area contributed by atoms with Gasteiger partial charge in [0.05, 0.1) is 0 Å². The summed E-state index contributed by atoms with van der Waals surface area (Å²) in [6.45, 7) is 0. The summed E-state index contributed by atoms with van der Waals surface area (Å²) in [5, 5.41) is 13.9. The van der Waals surface area contributed by atoms with Crippen LogP contribution in [0.4, 0.5) is 15.8 Å². The molecule has 0 fully saturated rings. The van der Waals surface area contributed by atoms with E-state index in [0.717, 1.165) is 12.1 Å². The van der Waals surface area contributed by atoms with Crippen molar-refractivity contribution in [3.05, 3.63) is 54.3 Å². The van der Waals surface area contributed by atoms with Gasteiger partial charge in [-0.1, -0.05) is 6.07 Å². The minimum atomic E-state index is -4.00. The van der Waals surface area contributed by atoms with E-state index >= 15 is 0 Å². The van der Waals surface area contributed by atoms with Gasteiger partial charge in [-0.05, 0) is 36.4 Å². The lowest BCUT2D eigenvalue weighted by Gasteiger charge is -2.08. The highest BCUT2D eigenvalue weighted by atomic mass is 32.2. The molecule has 0 aliphatic heterocycles. The zero-order valence-electron chi connectivity index (χ0n) is 12.9. The van der Waals surface area contributed by atoms with E-state index in [1.54, 1.807) is 0 Å². The predicted molar refractivity (Wildman–Crippen MR) is 90.4 cm³/mol. The molecule has 132 valence electrons. The Balaban J connectivity index is 1.90. The fraction of sp³-hybridized carbons (Fsp3) is 0.125. The van der Waals surface area contributed by atoms with Crippen LogP contribution in [0.2, 0.25) is 0 Å². The van der Waals surface area contributed by atoms with Gasteiger partial charge in [0.25, 0.3) is 0 Å². The van der Waals surface area contributed by atoms with Crippen molar-refractivity contribution in [3.63, 3.8) is 0 Å². The van der Waals surface area contributed by atoms with E-state index in [1.165, 1.54) is 36.4 Å². The molecule has 0 radical (unpaired) electrons. The average Bonchev–Trinajstić information content (AvgIpc) is 2.48. The zero-order valence-corrected chi connectivity index (χ0v) is 13.7. The van der Waals surface area contributed by atoms with Crippen LogP contribution < -0.4 is 10.6 Å². The molecule has 2 rings (SSSR count). The van der Waals surface area contributed by atoms with Gasteiger partial charge in [-0.25, -0.2) is 12.8 Å².